The van der Waals surface area contributed by atoms with Crippen LogP contribution in [0, 0.1) is 5.41 Å². The third-order valence-corrected chi connectivity index (χ3v) is 4.95. The molecule has 1 aromatic heterocycles. The van der Waals surface area contributed by atoms with E-state index >= 15 is 0 Å². The average Bonchev–Trinajstić information content (AvgIpc) is 3.23. The number of rotatable bonds is 8. The summed E-state index contributed by atoms with van der Waals surface area (Å²) in [5.41, 5.74) is 1.32. The molecule has 1 aromatic rings. The van der Waals surface area contributed by atoms with Gasteiger partial charge in [0.05, 0.1) is 12.2 Å². The fourth-order valence-corrected chi connectivity index (χ4v) is 3.31. The Morgan fingerprint density at radius 1 is 1.38 bits per heavy atom. The number of nitrogens with zero attached hydrogens (tertiary/aromatic N) is 2. The summed E-state index contributed by atoms with van der Waals surface area (Å²) >= 11 is 0. The number of ether oxygens (including phenoxy) is 1. The molecule has 0 amide bonds. The fourth-order valence-electron chi connectivity index (χ4n) is 3.31. The van der Waals surface area contributed by atoms with Gasteiger partial charge in [0, 0.05) is 33.4 Å². The molecule has 0 aliphatic heterocycles. The summed E-state index contributed by atoms with van der Waals surface area (Å²) in [7, 11) is 3.57. The molecule has 6 heteroatoms. The molecule has 6 nitrogen and oxygen atoms in total. The van der Waals surface area contributed by atoms with E-state index in [0.29, 0.717) is 17.9 Å². The van der Waals surface area contributed by atoms with Crippen LogP contribution in [0.5, 0.6) is 0 Å². The summed E-state index contributed by atoms with van der Waals surface area (Å²) in [6.07, 6.45) is 6.26. The highest BCUT2D eigenvalue weighted by Crippen LogP contribution is 2.40. The van der Waals surface area contributed by atoms with Crippen molar-refractivity contribution in [2.45, 2.75) is 58.4 Å². The van der Waals surface area contributed by atoms with Crippen LogP contribution < -0.4 is 10.6 Å². The van der Waals surface area contributed by atoms with E-state index in [1.54, 1.807) is 14.2 Å². The van der Waals surface area contributed by atoms with Crippen molar-refractivity contribution in [1.82, 2.24) is 15.8 Å². The van der Waals surface area contributed by atoms with Crippen molar-refractivity contribution < 1.29 is 9.26 Å². The van der Waals surface area contributed by atoms with Crippen LogP contribution in [-0.2, 0) is 11.3 Å². The molecule has 2 rings (SSSR count). The minimum Gasteiger partial charge on any atom is -0.385 e. The van der Waals surface area contributed by atoms with Gasteiger partial charge in [-0.1, -0.05) is 31.8 Å². The Balaban J connectivity index is 1.82. The van der Waals surface area contributed by atoms with Gasteiger partial charge in [0.15, 0.2) is 11.7 Å². The fraction of sp³-hybridized carbons (Fsp3) is 0.778. The molecule has 1 aliphatic rings. The van der Waals surface area contributed by atoms with Crippen LogP contribution in [0.25, 0.3) is 0 Å². The third kappa shape index (κ3) is 5.23. The first kappa shape index (κ1) is 18.8. The van der Waals surface area contributed by atoms with Crippen LogP contribution >= 0.6 is 0 Å². The molecule has 0 radical (unpaired) electrons. The van der Waals surface area contributed by atoms with Crippen LogP contribution in [0.3, 0.4) is 0 Å². The first-order valence-corrected chi connectivity index (χ1v) is 8.97. The summed E-state index contributed by atoms with van der Waals surface area (Å²) in [5.74, 6) is 2.01. The second kappa shape index (κ2) is 9.06. The van der Waals surface area contributed by atoms with Crippen LogP contribution in [0.1, 0.15) is 63.3 Å². The summed E-state index contributed by atoms with van der Waals surface area (Å²) in [5, 5.41) is 10.9. The van der Waals surface area contributed by atoms with E-state index in [-0.39, 0.29) is 0 Å². The number of aliphatic imine (C=N–C) groups is 1. The zero-order chi connectivity index (χ0) is 17.4. The van der Waals surface area contributed by atoms with E-state index in [9.17, 15) is 0 Å². The third-order valence-electron chi connectivity index (χ3n) is 4.95. The SMILES string of the molecule is CN=C(NCc1cc(C(C)C)no1)NCC1(CCOC)CCCC1. The van der Waals surface area contributed by atoms with E-state index in [1.165, 1.54) is 25.7 Å². The summed E-state index contributed by atoms with van der Waals surface area (Å²) in [4.78, 5) is 4.32. The minimum atomic E-state index is 0.338. The molecule has 2 N–H and O–H groups in total. The van der Waals surface area contributed by atoms with Crippen molar-refractivity contribution in [2.24, 2.45) is 10.4 Å². The number of aromatic nitrogens is 1. The normalized spacial score (nSPS) is 17.5. The maximum atomic E-state index is 5.36. The smallest absolute Gasteiger partial charge is 0.191 e. The van der Waals surface area contributed by atoms with Gasteiger partial charge < -0.3 is 19.9 Å². The van der Waals surface area contributed by atoms with Crippen molar-refractivity contribution in [1.29, 1.82) is 0 Å². The van der Waals surface area contributed by atoms with Crippen molar-refractivity contribution in [3.63, 3.8) is 0 Å². The van der Waals surface area contributed by atoms with Crippen LogP contribution in [0.15, 0.2) is 15.6 Å². The molecule has 1 heterocycles. The van der Waals surface area contributed by atoms with Crippen molar-refractivity contribution >= 4 is 5.96 Å². The number of nitrogens with one attached hydrogen (secondary N) is 2. The highest BCUT2D eigenvalue weighted by molar-refractivity contribution is 5.79. The largest absolute Gasteiger partial charge is 0.385 e. The van der Waals surface area contributed by atoms with Crippen LogP contribution in [0.2, 0.25) is 0 Å². The van der Waals surface area contributed by atoms with Gasteiger partial charge in [-0.05, 0) is 30.6 Å². The molecule has 0 atom stereocenters. The molecular weight excluding hydrogens is 304 g/mol. The lowest BCUT2D eigenvalue weighted by Gasteiger charge is -2.29. The Labute approximate surface area is 145 Å². The maximum absolute atomic E-state index is 5.36. The van der Waals surface area contributed by atoms with Gasteiger partial charge in [0.1, 0.15) is 0 Å². The highest BCUT2D eigenvalue weighted by atomic mass is 16.5. The van der Waals surface area contributed by atoms with Crippen LogP contribution in [0.4, 0.5) is 0 Å². The Morgan fingerprint density at radius 2 is 2.12 bits per heavy atom. The molecule has 1 saturated carbocycles. The number of hydrogen-bond acceptors (Lipinski definition) is 4. The Morgan fingerprint density at radius 3 is 2.71 bits per heavy atom. The summed E-state index contributed by atoms with van der Waals surface area (Å²) < 4.78 is 10.7. The summed E-state index contributed by atoms with van der Waals surface area (Å²) in [6, 6.07) is 2.00. The van der Waals surface area contributed by atoms with E-state index in [4.69, 9.17) is 9.26 Å². The standard InChI is InChI=1S/C18H32N4O2/c1-14(2)16-11-15(24-22-16)12-20-17(19-3)21-13-18(9-10-23-4)7-5-6-8-18/h11,14H,5-10,12-13H2,1-4H3,(H2,19,20,21). The quantitative estimate of drug-likeness (QED) is 0.564. The summed E-state index contributed by atoms with van der Waals surface area (Å²) in [6.45, 7) is 6.56. The van der Waals surface area contributed by atoms with Crippen molar-refractivity contribution in [2.75, 3.05) is 27.3 Å². The van der Waals surface area contributed by atoms with Crippen molar-refractivity contribution in [3.8, 4) is 0 Å². The highest BCUT2D eigenvalue weighted by Gasteiger charge is 2.33. The number of methoxy groups -OCH3 is 1. The Hall–Kier alpha value is -1.56. The number of guanidine groups is 1. The Kier molecular flexibility index (Phi) is 7.09. The molecule has 0 aromatic carbocycles. The molecular formula is C18H32N4O2. The lowest BCUT2D eigenvalue weighted by atomic mass is 9.83. The topological polar surface area (TPSA) is 71.7 Å². The predicted octanol–water partition coefficient (Wildman–Crippen LogP) is 3.06. The van der Waals surface area contributed by atoms with Crippen molar-refractivity contribution in [3.05, 3.63) is 17.5 Å². The zero-order valence-corrected chi connectivity index (χ0v) is 15.5. The van der Waals surface area contributed by atoms with Gasteiger partial charge in [-0.2, -0.15) is 0 Å². The van der Waals surface area contributed by atoms with Gasteiger partial charge in [0.25, 0.3) is 0 Å². The molecule has 0 spiro atoms. The predicted molar refractivity (Wildman–Crippen MR) is 96.2 cm³/mol. The monoisotopic (exact) mass is 336 g/mol. The van der Waals surface area contributed by atoms with Gasteiger partial charge in [-0.3, -0.25) is 4.99 Å². The molecule has 136 valence electrons. The second-order valence-electron chi connectivity index (χ2n) is 7.10. The molecule has 0 bridgehead atoms. The van der Waals surface area contributed by atoms with Crippen LogP contribution in [-0.4, -0.2) is 38.4 Å². The average molecular weight is 336 g/mol. The van der Waals surface area contributed by atoms with Gasteiger partial charge in [-0.15, -0.1) is 0 Å². The van der Waals surface area contributed by atoms with E-state index in [2.05, 4.69) is 34.6 Å². The second-order valence-corrected chi connectivity index (χ2v) is 7.10. The van der Waals surface area contributed by atoms with E-state index in [0.717, 1.165) is 37.0 Å². The first-order chi connectivity index (χ1) is 11.6. The number of hydrogen-bond donors (Lipinski definition) is 2. The lowest BCUT2D eigenvalue weighted by Crippen LogP contribution is -2.43. The van der Waals surface area contributed by atoms with E-state index < -0.39 is 0 Å². The maximum Gasteiger partial charge on any atom is 0.191 e. The first-order valence-electron chi connectivity index (χ1n) is 8.97. The molecule has 24 heavy (non-hydrogen) atoms. The Bertz CT molecular complexity index is 519. The van der Waals surface area contributed by atoms with Gasteiger partial charge in [-0.25, -0.2) is 0 Å². The molecule has 0 unspecified atom stereocenters. The molecule has 1 fully saturated rings. The lowest BCUT2D eigenvalue weighted by molar-refractivity contribution is 0.138. The molecule has 1 aliphatic carbocycles. The van der Waals surface area contributed by atoms with E-state index in [1.807, 2.05) is 6.07 Å². The minimum absolute atomic E-state index is 0.338. The van der Waals surface area contributed by atoms with Gasteiger partial charge in [0.2, 0.25) is 0 Å². The molecule has 0 saturated heterocycles. The zero-order valence-electron chi connectivity index (χ0n) is 15.5. The van der Waals surface area contributed by atoms with Gasteiger partial charge >= 0.3 is 0 Å².